The van der Waals surface area contributed by atoms with Gasteiger partial charge in [0.1, 0.15) is 6.54 Å². The lowest BCUT2D eigenvalue weighted by Gasteiger charge is -2.17. The molecule has 128 valence electrons. The Hall–Kier alpha value is -2.96. The van der Waals surface area contributed by atoms with Gasteiger partial charge in [-0.25, -0.2) is 0 Å². The predicted octanol–water partition coefficient (Wildman–Crippen LogP) is 1.49. The molecule has 0 atom stereocenters. The molecule has 3 heterocycles. The fourth-order valence-electron chi connectivity index (χ4n) is 3.21. The summed E-state index contributed by atoms with van der Waals surface area (Å²) < 4.78 is 3.04. The predicted molar refractivity (Wildman–Crippen MR) is 93.2 cm³/mol. The molecule has 2 aromatic heterocycles. The van der Waals surface area contributed by atoms with Gasteiger partial charge in [0.25, 0.3) is 5.56 Å². The number of hydrogen-bond acceptors (Lipinski definition) is 4. The van der Waals surface area contributed by atoms with E-state index in [4.69, 9.17) is 0 Å². The second-order valence-corrected chi connectivity index (χ2v) is 6.31. The Morgan fingerprint density at radius 2 is 1.88 bits per heavy atom. The zero-order valence-electron chi connectivity index (χ0n) is 14.1. The van der Waals surface area contributed by atoms with Crippen molar-refractivity contribution in [2.75, 3.05) is 13.1 Å². The first-order valence-electron chi connectivity index (χ1n) is 8.44. The first-order valence-corrected chi connectivity index (χ1v) is 8.44. The van der Waals surface area contributed by atoms with Crippen molar-refractivity contribution in [2.24, 2.45) is 0 Å². The summed E-state index contributed by atoms with van der Waals surface area (Å²) in [7, 11) is 0. The molecule has 0 aliphatic carbocycles. The number of carbonyl (C=O) groups is 1. The van der Waals surface area contributed by atoms with E-state index in [2.05, 4.69) is 10.1 Å². The number of rotatable bonds is 3. The molecule has 0 unspecified atom stereocenters. The van der Waals surface area contributed by atoms with Crippen LogP contribution in [-0.4, -0.2) is 43.1 Å². The van der Waals surface area contributed by atoms with Gasteiger partial charge in [-0.15, -0.1) is 5.10 Å². The van der Waals surface area contributed by atoms with Crippen molar-refractivity contribution in [2.45, 2.75) is 26.3 Å². The van der Waals surface area contributed by atoms with Crippen LogP contribution < -0.4 is 5.56 Å². The lowest BCUT2D eigenvalue weighted by Crippen LogP contribution is -2.33. The minimum atomic E-state index is -0.243. The highest BCUT2D eigenvalue weighted by Crippen LogP contribution is 2.16. The number of carbonyl (C=O) groups excluding carboxylic acids is 1. The van der Waals surface area contributed by atoms with Gasteiger partial charge in [0.2, 0.25) is 11.7 Å². The summed E-state index contributed by atoms with van der Waals surface area (Å²) in [5.41, 5.74) is 1.30. The number of amides is 1. The molecule has 1 fully saturated rings. The molecule has 0 N–H and O–H groups in total. The van der Waals surface area contributed by atoms with E-state index in [0.29, 0.717) is 17.3 Å². The number of aryl methyl sites for hydroxylation is 1. The third-order valence-electron chi connectivity index (χ3n) is 4.58. The first-order chi connectivity index (χ1) is 12.1. The smallest absolute Gasteiger partial charge is 0.275 e. The van der Waals surface area contributed by atoms with E-state index in [1.807, 2.05) is 42.2 Å². The molecule has 7 nitrogen and oxygen atoms in total. The van der Waals surface area contributed by atoms with Gasteiger partial charge in [-0.1, -0.05) is 30.3 Å². The van der Waals surface area contributed by atoms with E-state index in [0.717, 1.165) is 31.5 Å². The summed E-state index contributed by atoms with van der Waals surface area (Å²) >= 11 is 0. The summed E-state index contributed by atoms with van der Waals surface area (Å²) in [5, 5.41) is 4.34. The monoisotopic (exact) mass is 337 g/mol. The highest BCUT2D eigenvalue weighted by Gasteiger charge is 2.21. The van der Waals surface area contributed by atoms with E-state index in [1.54, 1.807) is 4.57 Å². The average molecular weight is 337 g/mol. The van der Waals surface area contributed by atoms with Crippen molar-refractivity contribution in [3.8, 4) is 11.4 Å². The van der Waals surface area contributed by atoms with E-state index >= 15 is 0 Å². The standard InChI is InChI=1S/C18H19N5O2/c1-13-11-15(24)23-18(19-17(20-23)14-7-3-2-4-8-14)22(13)12-16(25)21-9-5-6-10-21/h2-4,7-8,11H,5-6,9-10,12H2,1H3. The van der Waals surface area contributed by atoms with Gasteiger partial charge in [-0.05, 0) is 19.8 Å². The molecule has 0 spiro atoms. The van der Waals surface area contributed by atoms with Crippen molar-refractivity contribution >= 4 is 11.7 Å². The van der Waals surface area contributed by atoms with Gasteiger partial charge in [0.15, 0.2) is 5.82 Å². The van der Waals surface area contributed by atoms with Crippen LogP contribution in [0.2, 0.25) is 0 Å². The highest BCUT2D eigenvalue weighted by molar-refractivity contribution is 5.77. The minimum absolute atomic E-state index is 0.0513. The Kier molecular flexibility index (Phi) is 3.83. The fraction of sp³-hybridized carbons (Fsp3) is 0.333. The number of aromatic nitrogens is 4. The summed E-state index contributed by atoms with van der Waals surface area (Å²) in [5.74, 6) is 0.928. The van der Waals surface area contributed by atoms with Gasteiger partial charge in [-0.2, -0.15) is 9.50 Å². The number of benzene rings is 1. The largest absolute Gasteiger partial charge is 0.341 e. The summed E-state index contributed by atoms with van der Waals surface area (Å²) in [6.45, 7) is 3.59. The van der Waals surface area contributed by atoms with Crippen molar-refractivity contribution in [3.63, 3.8) is 0 Å². The quantitative estimate of drug-likeness (QED) is 0.726. The molecule has 1 aliphatic rings. The van der Waals surface area contributed by atoms with Crippen LogP contribution in [0.3, 0.4) is 0 Å². The molecule has 7 heteroatoms. The molecule has 1 amide bonds. The molecule has 4 rings (SSSR count). The van der Waals surface area contributed by atoms with Crippen molar-refractivity contribution in [3.05, 3.63) is 52.4 Å². The molecule has 1 saturated heterocycles. The SMILES string of the molecule is Cc1cc(=O)n2nc(-c3ccccc3)nc2n1CC(=O)N1CCCC1. The maximum atomic E-state index is 12.5. The van der Waals surface area contributed by atoms with E-state index in [-0.39, 0.29) is 18.0 Å². The molecule has 0 saturated carbocycles. The maximum Gasteiger partial charge on any atom is 0.275 e. The fourth-order valence-corrected chi connectivity index (χ4v) is 3.21. The third kappa shape index (κ3) is 2.82. The normalized spacial score (nSPS) is 14.4. The van der Waals surface area contributed by atoms with Gasteiger partial charge in [0.05, 0.1) is 0 Å². The molecule has 25 heavy (non-hydrogen) atoms. The zero-order valence-corrected chi connectivity index (χ0v) is 14.1. The first kappa shape index (κ1) is 15.6. The molecule has 3 aromatic rings. The Labute approximate surface area is 144 Å². The Balaban J connectivity index is 1.79. The van der Waals surface area contributed by atoms with Gasteiger partial charge >= 0.3 is 0 Å². The number of hydrogen-bond donors (Lipinski definition) is 0. The molecular weight excluding hydrogens is 318 g/mol. The van der Waals surface area contributed by atoms with E-state index < -0.39 is 0 Å². The third-order valence-corrected chi connectivity index (χ3v) is 4.58. The summed E-state index contributed by atoms with van der Waals surface area (Å²) in [6.07, 6.45) is 2.10. The van der Waals surface area contributed by atoms with Crippen LogP contribution in [-0.2, 0) is 11.3 Å². The summed E-state index contributed by atoms with van der Waals surface area (Å²) in [4.78, 5) is 31.2. The Morgan fingerprint density at radius 1 is 1.16 bits per heavy atom. The lowest BCUT2D eigenvalue weighted by atomic mass is 10.2. The second kappa shape index (κ2) is 6.16. The van der Waals surface area contributed by atoms with Crippen LogP contribution in [0.4, 0.5) is 0 Å². The molecule has 1 aromatic carbocycles. The van der Waals surface area contributed by atoms with Crippen LogP contribution >= 0.6 is 0 Å². The van der Waals surface area contributed by atoms with E-state index in [9.17, 15) is 9.59 Å². The Bertz CT molecular complexity index is 984. The van der Waals surface area contributed by atoms with Gasteiger partial charge in [0, 0.05) is 30.4 Å². The van der Waals surface area contributed by atoms with Crippen molar-refractivity contribution < 1.29 is 4.79 Å². The van der Waals surface area contributed by atoms with E-state index in [1.165, 1.54) is 10.6 Å². The summed E-state index contributed by atoms with van der Waals surface area (Å²) in [6, 6.07) is 11.0. The van der Waals surface area contributed by atoms with Crippen molar-refractivity contribution in [1.82, 2.24) is 24.1 Å². The Morgan fingerprint density at radius 3 is 2.60 bits per heavy atom. The minimum Gasteiger partial charge on any atom is -0.341 e. The number of likely N-dealkylation sites (tertiary alicyclic amines) is 1. The molecule has 0 radical (unpaired) electrons. The van der Waals surface area contributed by atoms with Gasteiger partial charge < -0.3 is 9.47 Å². The highest BCUT2D eigenvalue weighted by atomic mass is 16.2. The molecular formula is C18H19N5O2. The zero-order chi connectivity index (χ0) is 17.4. The lowest BCUT2D eigenvalue weighted by molar-refractivity contribution is -0.130. The van der Waals surface area contributed by atoms with Crippen LogP contribution in [0.15, 0.2) is 41.2 Å². The maximum absolute atomic E-state index is 12.5. The number of nitrogens with zero attached hydrogens (tertiary/aromatic N) is 5. The average Bonchev–Trinajstić information content (AvgIpc) is 3.29. The second-order valence-electron chi connectivity index (χ2n) is 6.31. The van der Waals surface area contributed by atoms with Crippen molar-refractivity contribution in [1.29, 1.82) is 0 Å². The van der Waals surface area contributed by atoms with Crippen LogP contribution in [0.1, 0.15) is 18.5 Å². The topological polar surface area (TPSA) is 72.5 Å². The molecule has 1 aliphatic heterocycles. The van der Waals surface area contributed by atoms with Crippen LogP contribution in [0, 0.1) is 6.92 Å². The number of fused-ring (bicyclic) bond motifs is 1. The van der Waals surface area contributed by atoms with Gasteiger partial charge in [-0.3, -0.25) is 9.59 Å². The van der Waals surface area contributed by atoms with Crippen LogP contribution in [0.25, 0.3) is 17.2 Å². The molecule has 0 bridgehead atoms. The van der Waals surface area contributed by atoms with Crippen LogP contribution in [0.5, 0.6) is 0 Å².